The van der Waals surface area contributed by atoms with E-state index in [0.717, 1.165) is 12.8 Å². The van der Waals surface area contributed by atoms with Crippen LogP contribution in [0.3, 0.4) is 0 Å². The fourth-order valence-corrected chi connectivity index (χ4v) is 4.92. The Morgan fingerprint density at radius 3 is 2.55 bits per heavy atom. The van der Waals surface area contributed by atoms with E-state index in [1.165, 1.54) is 0 Å². The van der Waals surface area contributed by atoms with E-state index in [1.54, 1.807) is 41.2 Å². The van der Waals surface area contributed by atoms with Gasteiger partial charge in [0.1, 0.15) is 17.8 Å². The summed E-state index contributed by atoms with van der Waals surface area (Å²) in [6, 6.07) is 4.79. The molecule has 0 radical (unpaired) electrons. The zero-order valence-corrected chi connectivity index (χ0v) is 17.4. The summed E-state index contributed by atoms with van der Waals surface area (Å²) in [5, 5.41) is 5.96. The summed E-state index contributed by atoms with van der Waals surface area (Å²) in [5.41, 5.74) is 0.470. The number of fused-ring (bicyclic) bond motifs is 2. The second-order valence-electron chi connectivity index (χ2n) is 8.80. The van der Waals surface area contributed by atoms with Crippen LogP contribution in [0.2, 0.25) is 0 Å². The van der Waals surface area contributed by atoms with Gasteiger partial charge in [0.05, 0.1) is 13.2 Å². The summed E-state index contributed by atoms with van der Waals surface area (Å²) < 4.78 is 5.15. The molecule has 4 atom stereocenters. The fourth-order valence-electron chi connectivity index (χ4n) is 4.92. The molecule has 4 amide bonds. The van der Waals surface area contributed by atoms with Gasteiger partial charge in [-0.15, -0.1) is 0 Å². The number of amides is 4. The average Bonchev–Trinajstić information content (AvgIpc) is 3.44. The van der Waals surface area contributed by atoms with Crippen LogP contribution >= 0.6 is 0 Å². The van der Waals surface area contributed by atoms with Crippen LogP contribution in [-0.4, -0.2) is 77.8 Å². The van der Waals surface area contributed by atoms with Crippen molar-refractivity contribution in [2.45, 2.75) is 49.9 Å². The predicted molar refractivity (Wildman–Crippen MR) is 109 cm³/mol. The third-order valence-electron chi connectivity index (χ3n) is 6.76. The molecule has 9 heteroatoms. The van der Waals surface area contributed by atoms with Crippen LogP contribution in [0, 0.1) is 5.92 Å². The number of likely N-dealkylation sites (tertiary alicyclic amines) is 1. The maximum Gasteiger partial charge on any atom is 0.254 e. The SMILES string of the molecule is COc1ccc(C(=O)N2CCC3NC(=O)C4CC(NC(=O)C5CC5)CN4C(=O)C32)cc1. The van der Waals surface area contributed by atoms with Gasteiger partial charge in [0.2, 0.25) is 17.7 Å². The van der Waals surface area contributed by atoms with Crippen molar-refractivity contribution >= 4 is 23.6 Å². The molecule has 4 unspecified atom stereocenters. The number of hydrogen-bond acceptors (Lipinski definition) is 5. The van der Waals surface area contributed by atoms with Crippen molar-refractivity contribution in [3.8, 4) is 5.75 Å². The number of ether oxygens (including phenoxy) is 1. The van der Waals surface area contributed by atoms with E-state index in [4.69, 9.17) is 4.74 Å². The maximum absolute atomic E-state index is 13.5. The number of hydrogen-bond donors (Lipinski definition) is 2. The molecule has 1 aromatic rings. The molecule has 1 saturated carbocycles. The Labute approximate surface area is 180 Å². The lowest BCUT2D eigenvalue weighted by Gasteiger charge is -2.29. The molecule has 9 nitrogen and oxygen atoms in total. The number of benzene rings is 1. The largest absolute Gasteiger partial charge is 0.497 e. The second kappa shape index (κ2) is 7.55. The smallest absolute Gasteiger partial charge is 0.254 e. The molecule has 164 valence electrons. The molecular weight excluding hydrogens is 400 g/mol. The Bertz CT molecular complexity index is 928. The maximum atomic E-state index is 13.5. The molecule has 4 fully saturated rings. The van der Waals surface area contributed by atoms with Crippen LogP contribution in [0.5, 0.6) is 5.75 Å². The first kappa shape index (κ1) is 19.8. The minimum Gasteiger partial charge on any atom is -0.497 e. The lowest BCUT2D eigenvalue weighted by molar-refractivity contribution is -0.138. The summed E-state index contributed by atoms with van der Waals surface area (Å²) in [6.45, 7) is 0.690. The highest BCUT2D eigenvalue weighted by Gasteiger charge is 2.52. The number of rotatable bonds is 4. The standard InChI is InChI=1S/C22H26N4O5/c1-31-15-6-4-13(5-7-15)21(29)25-9-8-16-18(25)22(30)26-11-14(10-17(26)20(28)24-16)23-19(27)12-2-3-12/h4-7,12,14,16-18H,2-3,8-11H2,1H3,(H,23,27)(H,24,28). The van der Waals surface area contributed by atoms with Crippen molar-refractivity contribution in [3.05, 3.63) is 29.8 Å². The zero-order chi connectivity index (χ0) is 21.7. The molecule has 2 N–H and O–H groups in total. The van der Waals surface area contributed by atoms with Gasteiger partial charge in [0.15, 0.2) is 0 Å². The van der Waals surface area contributed by atoms with E-state index >= 15 is 0 Å². The minimum absolute atomic E-state index is 0.00516. The lowest BCUT2D eigenvalue weighted by Crippen LogP contribution is -2.52. The summed E-state index contributed by atoms with van der Waals surface area (Å²) in [7, 11) is 1.56. The Kier molecular flexibility index (Phi) is 4.83. The molecule has 0 bridgehead atoms. The second-order valence-corrected chi connectivity index (χ2v) is 8.80. The normalized spacial score (nSPS) is 29.7. The minimum atomic E-state index is -0.735. The van der Waals surface area contributed by atoms with Crippen LogP contribution in [0.15, 0.2) is 24.3 Å². The highest BCUT2D eigenvalue weighted by Crippen LogP contribution is 2.32. The van der Waals surface area contributed by atoms with E-state index in [1.807, 2.05) is 0 Å². The first-order chi connectivity index (χ1) is 15.0. The van der Waals surface area contributed by atoms with Crippen LogP contribution in [0.4, 0.5) is 0 Å². The van der Waals surface area contributed by atoms with Crippen LogP contribution < -0.4 is 15.4 Å². The Morgan fingerprint density at radius 2 is 1.87 bits per heavy atom. The number of methoxy groups -OCH3 is 1. The number of nitrogens with zero attached hydrogens (tertiary/aromatic N) is 2. The van der Waals surface area contributed by atoms with E-state index in [0.29, 0.717) is 37.2 Å². The number of carbonyl (C=O) groups is 4. The number of carbonyl (C=O) groups excluding carboxylic acids is 4. The van der Waals surface area contributed by atoms with Crippen molar-refractivity contribution in [3.63, 3.8) is 0 Å². The molecule has 0 aromatic heterocycles. The van der Waals surface area contributed by atoms with Crippen molar-refractivity contribution < 1.29 is 23.9 Å². The van der Waals surface area contributed by atoms with Crippen molar-refractivity contribution in [2.75, 3.05) is 20.2 Å². The molecule has 4 aliphatic rings. The third kappa shape index (κ3) is 3.51. The van der Waals surface area contributed by atoms with Gasteiger partial charge in [-0.1, -0.05) is 0 Å². The molecular formula is C22H26N4O5. The fraction of sp³-hybridized carbons (Fsp3) is 0.545. The van der Waals surface area contributed by atoms with Gasteiger partial charge in [-0.3, -0.25) is 19.2 Å². The predicted octanol–water partition coefficient (Wildman–Crippen LogP) is -0.0962. The van der Waals surface area contributed by atoms with Crippen LogP contribution in [0.1, 0.15) is 36.0 Å². The summed E-state index contributed by atoms with van der Waals surface area (Å²) in [6.07, 6.45) is 2.74. The molecule has 3 heterocycles. The Hall–Kier alpha value is -3.10. The molecule has 1 aromatic carbocycles. The van der Waals surface area contributed by atoms with E-state index in [2.05, 4.69) is 10.6 Å². The Balaban J connectivity index is 1.35. The van der Waals surface area contributed by atoms with E-state index < -0.39 is 18.1 Å². The van der Waals surface area contributed by atoms with Gasteiger partial charge >= 0.3 is 0 Å². The van der Waals surface area contributed by atoms with Gasteiger partial charge in [-0.2, -0.15) is 0 Å². The Morgan fingerprint density at radius 1 is 1.13 bits per heavy atom. The number of nitrogens with one attached hydrogen (secondary N) is 2. The third-order valence-corrected chi connectivity index (χ3v) is 6.76. The molecule has 1 aliphatic carbocycles. The van der Waals surface area contributed by atoms with Crippen LogP contribution in [0.25, 0.3) is 0 Å². The summed E-state index contributed by atoms with van der Waals surface area (Å²) in [4.78, 5) is 54.8. The quantitative estimate of drug-likeness (QED) is 0.699. The highest BCUT2D eigenvalue weighted by molar-refractivity contribution is 6.01. The van der Waals surface area contributed by atoms with Gasteiger partial charge in [0, 0.05) is 30.6 Å². The summed E-state index contributed by atoms with van der Waals surface area (Å²) in [5.74, 6) is 0.0489. The van der Waals surface area contributed by atoms with Crippen molar-refractivity contribution in [2.24, 2.45) is 5.92 Å². The van der Waals surface area contributed by atoms with Gasteiger partial charge in [-0.05, 0) is 49.9 Å². The van der Waals surface area contributed by atoms with E-state index in [9.17, 15) is 19.2 Å². The molecule has 3 aliphatic heterocycles. The van der Waals surface area contributed by atoms with Gasteiger partial charge in [-0.25, -0.2) is 0 Å². The molecule has 31 heavy (non-hydrogen) atoms. The highest BCUT2D eigenvalue weighted by atomic mass is 16.5. The van der Waals surface area contributed by atoms with Gasteiger partial charge in [0.25, 0.3) is 5.91 Å². The first-order valence-corrected chi connectivity index (χ1v) is 10.8. The van der Waals surface area contributed by atoms with Crippen molar-refractivity contribution in [1.82, 2.24) is 20.4 Å². The first-order valence-electron chi connectivity index (χ1n) is 10.8. The van der Waals surface area contributed by atoms with Crippen LogP contribution in [-0.2, 0) is 14.4 Å². The lowest BCUT2D eigenvalue weighted by atomic mass is 10.1. The summed E-state index contributed by atoms with van der Waals surface area (Å²) >= 11 is 0. The van der Waals surface area contributed by atoms with Crippen molar-refractivity contribution in [1.29, 1.82) is 0 Å². The zero-order valence-electron chi connectivity index (χ0n) is 17.4. The van der Waals surface area contributed by atoms with Gasteiger partial charge < -0.3 is 25.2 Å². The average molecular weight is 426 g/mol. The monoisotopic (exact) mass is 426 g/mol. The molecule has 3 saturated heterocycles. The molecule has 5 rings (SSSR count). The van der Waals surface area contributed by atoms with E-state index in [-0.39, 0.29) is 35.6 Å². The molecule has 0 spiro atoms. The topological polar surface area (TPSA) is 108 Å².